The Balaban J connectivity index is 3.81. The molecule has 0 aliphatic carbocycles. The Labute approximate surface area is 97.8 Å². The summed E-state index contributed by atoms with van der Waals surface area (Å²) >= 11 is 0. The fourth-order valence-electron chi connectivity index (χ4n) is 1.29. The van der Waals surface area contributed by atoms with E-state index in [9.17, 15) is 9.59 Å². The van der Waals surface area contributed by atoms with Gasteiger partial charge in [-0.15, -0.1) is 0 Å². The van der Waals surface area contributed by atoms with E-state index in [2.05, 4.69) is 5.32 Å². The first kappa shape index (κ1) is 14.7. The van der Waals surface area contributed by atoms with Gasteiger partial charge in [0.1, 0.15) is 0 Å². The van der Waals surface area contributed by atoms with E-state index >= 15 is 0 Å². The Hall–Kier alpha value is -1.26. The second-order valence-corrected chi connectivity index (χ2v) is 3.56. The van der Waals surface area contributed by atoms with E-state index in [1.807, 2.05) is 20.8 Å². The lowest BCUT2D eigenvalue weighted by Crippen LogP contribution is -2.39. The average Bonchev–Trinajstić information content (AvgIpc) is 2.29. The molecule has 94 valence electrons. The van der Waals surface area contributed by atoms with Crippen molar-refractivity contribution in [1.82, 2.24) is 15.1 Å². The summed E-state index contributed by atoms with van der Waals surface area (Å²) in [6, 6.07) is -0.130. The topological polar surface area (TPSA) is 52.7 Å². The van der Waals surface area contributed by atoms with Crippen molar-refractivity contribution in [3.8, 4) is 0 Å². The highest BCUT2D eigenvalue weighted by Gasteiger charge is 2.10. The van der Waals surface area contributed by atoms with Gasteiger partial charge in [0.25, 0.3) is 0 Å². The Bertz CT molecular complexity index is 227. The van der Waals surface area contributed by atoms with E-state index in [4.69, 9.17) is 0 Å². The van der Waals surface area contributed by atoms with Gasteiger partial charge in [-0.05, 0) is 20.8 Å². The van der Waals surface area contributed by atoms with Gasteiger partial charge < -0.3 is 15.1 Å². The molecule has 5 heteroatoms. The van der Waals surface area contributed by atoms with E-state index in [1.165, 1.54) is 0 Å². The molecule has 0 fully saturated rings. The molecule has 0 bridgehead atoms. The molecule has 3 amide bonds. The summed E-state index contributed by atoms with van der Waals surface area (Å²) < 4.78 is 0. The van der Waals surface area contributed by atoms with Crippen molar-refractivity contribution >= 4 is 11.9 Å². The van der Waals surface area contributed by atoms with E-state index in [0.29, 0.717) is 19.5 Å². The third kappa shape index (κ3) is 5.00. The predicted octanol–water partition coefficient (Wildman–Crippen LogP) is 0.906. The van der Waals surface area contributed by atoms with Crippen molar-refractivity contribution in [2.45, 2.75) is 27.2 Å². The van der Waals surface area contributed by atoms with E-state index < -0.39 is 0 Å². The van der Waals surface area contributed by atoms with Crippen LogP contribution in [-0.2, 0) is 4.79 Å². The van der Waals surface area contributed by atoms with Crippen LogP contribution in [0.5, 0.6) is 0 Å². The minimum absolute atomic E-state index is 0.0875. The highest BCUT2D eigenvalue weighted by molar-refractivity contribution is 5.78. The zero-order valence-corrected chi connectivity index (χ0v) is 10.7. The largest absolute Gasteiger partial charge is 0.343 e. The van der Waals surface area contributed by atoms with Gasteiger partial charge in [0, 0.05) is 39.6 Å². The Morgan fingerprint density at radius 3 is 2.06 bits per heavy atom. The fraction of sp³-hybridized carbons (Fsp3) is 0.818. The van der Waals surface area contributed by atoms with Gasteiger partial charge in [-0.25, -0.2) is 4.79 Å². The van der Waals surface area contributed by atoms with Gasteiger partial charge >= 0.3 is 6.03 Å². The molecule has 0 aliphatic heterocycles. The van der Waals surface area contributed by atoms with Crippen LogP contribution in [0.3, 0.4) is 0 Å². The van der Waals surface area contributed by atoms with Gasteiger partial charge in [0.15, 0.2) is 0 Å². The van der Waals surface area contributed by atoms with Crippen LogP contribution in [0, 0.1) is 0 Å². The van der Waals surface area contributed by atoms with Crippen molar-refractivity contribution in [2.24, 2.45) is 0 Å². The second kappa shape index (κ2) is 7.96. The maximum Gasteiger partial charge on any atom is 0.317 e. The van der Waals surface area contributed by atoms with E-state index in [0.717, 1.165) is 13.1 Å². The molecule has 0 rings (SSSR count). The zero-order valence-electron chi connectivity index (χ0n) is 10.7. The molecule has 0 aromatic rings. The maximum absolute atomic E-state index is 11.6. The molecule has 1 N–H and O–H groups in total. The van der Waals surface area contributed by atoms with Crippen LogP contribution in [0.1, 0.15) is 27.2 Å². The Kier molecular flexibility index (Phi) is 7.33. The molecule has 0 spiro atoms. The number of carbonyl (C=O) groups is 2. The summed E-state index contributed by atoms with van der Waals surface area (Å²) in [4.78, 5) is 26.3. The Morgan fingerprint density at radius 1 is 1.06 bits per heavy atom. The lowest BCUT2D eigenvalue weighted by atomic mass is 10.3. The first-order valence-corrected chi connectivity index (χ1v) is 5.83. The molecule has 0 saturated carbocycles. The summed E-state index contributed by atoms with van der Waals surface area (Å²) in [5.74, 6) is 0.0875. The standard InChI is InChI=1S/C11H23N3O2/c1-5-13(4)11(16)12-9-8-10(15)14(6-2)7-3/h5-9H2,1-4H3,(H,12,16). The van der Waals surface area contributed by atoms with Crippen molar-refractivity contribution in [2.75, 3.05) is 33.2 Å². The quantitative estimate of drug-likeness (QED) is 0.736. The summed E-state index contributed by atoms with van der Waals surface area (Å²) in [6.07, 6.45) is 0.366. The van der Waals surface area contributed by atoms with E-state index in [-0.39, 0.29) is 11.9 Å². The molecule has 0 saturated heterocycles. The number of nitrogens with one attached hydrogen (secondary N) is 1. The van der Waals surface area contributed by atoms with Crippen LogP contribution in [0.25, 0.3) is 0 Å². The summed E-state index contributed by atoms with van der Waals surface area (Å²) in [6.45, 7) is 8.31. The van der Waals surface area contributed by atoms with Crippen LogP contribution in [-0.4, -0.2) is 55.0 Å². The molecule has 0 radical (unpaired) electrons. The smallest absolute Gasteiger partial charge is 0.317 e. The van der Waals surface area contributed by atoms with Crippen LogP contribution in [0.15, 0.2) is 0 Å². The van der Waals surface area contributed by atoms with Crippen molar-refractivity contribution in [1.29, 1.82) is 0 Å². The zero-order chi connectivity index (χ0) is 12.6. The highest BCUT2D eigenvalue weighted by atomic mass is 16.2. The Morgan fingerprint density at radius 2 is 1.62 bits per heavy atom. The number of hydrogen-bond acceptors (Lipinski definition) is 2. The van der Waals surface area contributed by atoms with Gasteiger partial charge in [-0.1, -0.05) is 0 Å². The minimum Gasteiger partial charge on any atom is -0.343 e. The predicted molar refractivity (Wildman–Crippen MR) is 64.2 cm³/mol. The third-order valence-corrected chi connectivity index (χ3v) is 2.55. The molecule has 0 aromatic carbocycles. The first-order valence-electron chi connectivity index (χ1n) is 5.83. The van der Waals surface area contributed by atoms with E-state index in [1.54, 1.807) is 16.8 Å². The second-order valence-electron chi connectivity index (χ2n) is 3.56. The SMILES string of the molecule is CCN(C)C(=O)NCCC(=O)N(CC)CC. The molecular weight excluding hydrogens is 206 g/mol. The molecular formula is C11H23N3O2. The normalized spacial score (nSPS) is 9.75. The summed E-state index contributed by atoms with van der Waals surface area (Å²) in [5.41, 5.74) is 0. The average molecular weight is 229 g/mol. The molecule has 0 heterocycles. The van der Waals surface area contributed by atoms with Crippen LogP contribution >= 0.6 is 0 Å². The summed E-state index contributed by atoms with van der Waals surface area (Å²) in [5, 5.41) is 2.71. The molecule has 0 unspecified atom stereocenters. The van der Waals surface area contributed by atoms with Crippen molar-refractivity contribution < 1.29 is 9.59 Å². The van der Waals surface area contributed by atoms with Gasteiger partial charge in [-0.3, -0.25) is 4.79 Å². The lowest BCUT2D eigenvalue weighted by Gasteiger charge is -2.19. The molecule has 5 nitrogen and oxygen atoms in total. The molecule has 0 aromatic heterocycles. The van der Waals surface area contributed by atoms with Gasteiger partial charge in [-0.2, -0.15) is 0 Å². The van der Waals surface area contributed by atoms with Crippen LogP contribution in [0.4, 0.5) is 4.79 Å². The van der Waals surface area contributed by atoms with Crippen LogP contribution in [0.2, 0.25) is 0 Å². The van der Waals surface area contributed by atoms with Crippen molar-refractivity contribution in [3.63, 3.8) is 0 Å². The first-order chi connectivity index (χ1) is 7.56. The number of hydrogen-bond donors (Lipinski definition) is 1. The number of carbonyl (C=O) groups excluding carboxylic acids is 2. The maximum atomic E-state index is 11.6. The van der Waals surface area contributed by atoms with Crippen LogP contribution < -0.4 is 5.32 Å². The minimum atomic E-state index is -0.130. The highest BCUT2D eigenvalue weighted by Crippen LogP contribution is 1.93. The molecule has 16 heavy (non-hydrogen) atoms. The third-order valence-electron chi connectivity index (χ3n) is 2.55. The summed E-state index contributed by atoms with van der Waals surface area (Å²) in [7, 11) is 1.72. The number of urea groups is 1. The number of rotatable bonds is 6. The lowest BCUT2D eigenvalue weighted by molar-refractivity contribution is -0.130. The van der Waals surface area contributed by atoms with Gasteiger partial charge in [0.05, 0.1) is 0 Å². The fourth-order valence-corrected chi connectivity index (χ4v) is 1.29. The van der Waals surface area contributed by atoms with Gasteiger partial charge in [0.2, 0.25) is 5.91 Å². The number of amides is 3. The number of nitrogens with zero attached hydrogens (tertiary/aromatic N) is 2. The molecule has 0 atom stereocenters. The molecule has 0 aliphatic rings. The monoisotopic (exact) mass is 229 g/mol. The van der Waals surface area contributed by atoms with Crippen molar-refractivity contribution in [3.05, 3.63) is 0 Å².